The zero-order chi connectivity index (χ0) is 13.3. The summed E-state index contributed by atoms with van der Waals surface area (Å²) < 4.78 is 37.8. The maximum atomic E-state index is 13.4. The predicted octanol–water partition coefficient (Wildman–Crippen LogP) is 2.63. The van der Waals surface area contributed by atoms with Crippen molar-refractivity contribution in [3.05, 3.63) is 23.3 Å². The second-order valence-corrected chi connectivity index (χ2v) is 4.61. The zero-order valence-electron chi connectivity index (χ0n) is 10.5. The molecule has 100 valence electrons. The van der Waals surface area contributed by atoms with E-state index in [1.807, 2.05) is 6.92 Å². The van der Waals surface area contributed by atoms with Gasteiger partial charge in [0.05, 0.1) is 0 Å². The van der Waals surface area contributed by atoms with Crippen LogP contribution in [0.15, 0.2) is 12.1 Å². The van der Waals surface area contributed by atoms with Crippen molar-refractivity contribution in [2.24, 2.45) is 5.73 Å². The number of halogens is 2. The molecule has 0 saturated carbocycles. The van der Waals surface area contributed by atoms with Crippen molar-refractivity contribution in [1.29, 1.82) is 0 Å². The molecule has 1 aliphatic rings. The summed E-state index contributed by atoms with van der Waals surface area (Å²) in [6.45, 7) is 3.93. The first-order valence-electron chi connectivity index (χ1n) is 5.95. The van der Waals surface area contributed by atoms with E-state index in [1.54, 1.807) is 0 Å². The van der Waals surface area contributed by atoms with Crippen molar-refractivity contribution in [2.75, 3.05) is 19.8 Å². The predicted molar refractivity (Wildman–Crippen MR) is 64.5 cm³/mol. The molecule has 18 heavy (non-hydrogen) atoms. The van der Waals surface area contributed by atoms with Gasteiger partial charge in [0.25, 0.3) is 5.92 Å². The van der Waals surface area contributed by atoms with Crippen molar-refractivity contribution >= 4 is 0 Å². The maximum Gasteiger partial charge on any atom is 0.270 e. The quantitative estimate of drug-likeness (QED) is 0.905. The Morgan fingerprint density at radius 2 is 2.00 bits per heavy atom. The van der Waals surface area contributed by atoms with E-state index in [0.717, 1.165) is 6.92 Å². The molecule has 5 heteroatoms. The van der Waals surface area contributed by atoms with Gasteiger partial charge in [-0.3, -0.25) is 0 Å². The average molecular weight is 257 g/mol. The number of rotatable bonds is 3. The summed E-state index contributed by atoms with van der Waals surface area (Å²) in [5, 5.41) is 0. The van der Waals surface area contributed by atoms with Crippen LogP contribution >= 0.6 is 0 Å². The molecule has 2 rings (SSSR count). The minimum atomic E-state index is -2.90. The Morgan fingerprint density at radius 1 is 1.33 bits per heavy atom. The minimum absolute atomic E-state index is 0.0530. The summed E-state index contributed by atoms with van der Waals surface area (Å²) in [7, 11) is 0. The van der Waals surface area contributed by atoms with Crippen LogP contribution < -0.4 is 15.2 Å². The molecule has 0 saturated heterocycles. The number of alkyl halides is 2. The summed E-state index contributed by atoms with van der Waals surface area (Å²) in [5.74, 6) is -2.02. The lowest BCUT2D eigenvalue weighted by molar-refractivity contribution is 0.0168. The molecule has 0 radical (unpaired) electrons. The molecule has 0 aromatic heterocycles. The fourth-order valence-electron chi connectivity index (χ4n) is 1.93. The van der Waals surface area contributed by atoms with Crippen LogP contribution in [0.2, 0.25) is 0 Å². The van der Waals surface area contributed by atoms with Crippen LogP contribution in [0.1, 0.15) is 30.9 Å². The van der Waals surface area contributed by atoms with Crippen molar-refractivity contribution in [3.8, 4) is 11.5 Å². The summed E-state index contributed by atoms with van der Waals surface area (Å²) >= 11 is 0. The van der Waals surface area contributed by atoms with Gasteiger partial charge in [-0.15, -0.1) is 0 Å². The highest BCUT2D eigenvalue weighted by Gasteiger charge is 2.29. The van der Waals surface area contributed by atoms with Gasteiger partial charge in [0.1, 0.15) is 13.2 Å². The van der Waals surface area contributed by atoms with Crippen LogP contribution in [0.4, 0.5) is 8.78 Å². The minimum Gasteiger partial charge on any atom is -0.486 e. The molecule has 0 amide bonds. The Bertz CT molecular complexity index is 443. The average Bonchev–Trinajstić information content (AvgIpc) is 2.35. The SMILES string of the molecule is CC(CN)c1cc(C(C)(F)F)cc2c1OCCO2. The van der Waals surface area contributed by atoms with Gasteiger partial charge >= 0.3 is 0 Å². The van der Waals surface area contributed by atoms with Gasteiger partial charge in [0, 0.05) is 18.1 Å². The number of fused-ring (bicyclic) bond motifs is 1. The largest absolute Gasteiger partial charge is 0.486 e. The molecule has 1 aliphatic heterocycles. The van der Waals surface area contributed by atoms with Crippen LogP contribution in [-0.2, 0) is 5.92 Å². The first-order valence-corrected chi connectivity index (χ1v) is 5.95. The van der Waals surface area contributed by atoms with E-state index in [1.165, 1.54) is 12.1 Å². The third-order valence-corrected chi connectivity index (χ3v) is 3.06. The van der Waals surface area contributed by atoms with E-state index < -0.39 is 5.92 Å². The van der Waals surface area contributed by atoms with Gasteiger partial charge in [-0.25, -0.2) is 8.78 Å². The van der Waals surface area contributed by atoms with Gasteiger partial charge in [0.2, 0.25) is 0 Å². The Morgan fingerprint density at radius 3 is 2.61 bits per heavy atom. The molecule has 1 aromatic rings. The van der Waals surface area contributed by atoms with E-state index in [0.29, 0.717) is 36.8 Å². The van der Waals surface area contributed by atoms with Gasteiger partial charge in [-0.1, -0.05) is 6.92 Å². The molecular weight excluding hydrogens is 240 g/mol. The molecule has 0 bridgehead atoms. The lowest BCUT2D eigenvalue weighted by Crippen LogP contribution is -2.20. The molecule has 1 atom stereocenters. The first kappa shape index (κ1) is 13.1. The Kier molecular flexibility index (Phi) is 3.43. The zero-order valence-corrected chi connectivity index (χ0v) is 10.5. The number of nitrogens with two attached hydrogens (primary N) is 1. The molecule has 1 aromatic carbocycles. The Balaban J connectivity index is 2.55. The van der Waals surface area contributed by atoms with Crippen molar-refractivity contribution < 1.29 is 18.3 Å². The van der Waals surface area contributed by atoms with Crippen molar-refractivity contribution in [3.63, 3.8) is 0 Å². The number of hydrogen-bond acceptors (Lipinski definition) is 3. The second kappa shape index (κ2) is 4.72. The topological polar surface area (TPSA) is 44.5 Å². The standard InChI is InChI=1S/C13H17F2NO2/c1-8(7-16)10-5-9(13(2,14)15)6-11-12(10)18-4-3-17-11/h5-6,8H,3-4,7,16H2,1-2H3. The van der Waals surface area contributed by atoms with E-state index in [-0.39, 0.29) is 11.5 Å². The van der Waals surface area contributed by atoms with E-state index in [9.17, 15) is 8.78 Å². The van der Waals surface area contributed by atoms with E-state index in [2.05, 4.69) is 0 Å². The van der Waals surface area contributed by atoms with Gasteiger partial charge < -0.3 is 15.2 Å². The Hall–Kier alpha value is -1.36. The lowest BCUT2D eigenvalue weighted by atomic mass is 9.95. The van der Waals surface area contributed by atoms with Crippen molar-refractivity contribution in [1.82, 2.24) is 0 Å². The highest BCUT2D eigenvalue weighted by atomic mass is 19.3. The summed E-state index contributed by atoms with van der Waals surface area (Å²) in [5.41, 5.74) is 6.23. The van der Waals surface area contributed by atoms with Gasteiger partial charge in [-0.05, 0) is 24.6 Å². The molecule has 0 spiro atoms. The highest BCUT2D eigenvalue weighted by Crippen LogP contribution is 2.42. The third-order valence-electron chi connectivity index (χ3n) is 3.06. The number of hydrogen-bond donors (Lipinski definition) is 1. The van der Waals surface area contributed by atoms with Gasteiger partial charge in [-0.2, -0.15) is 0 Å². The van der Waals surface area contributed by atoms with E-state index in [4.69, 9.17) is 15.2 Å². The number of benzene rings is 1. The van der Waals surface area contributed by atoms with Gasteiger partial charge in [0.15, 0.2) is 11.5 Å². The van der Waals surface area contributed by atoms with E-state index >= 15 is 0 Å². The summed E-state index contributed by atoms with van der Waals surface area (Å²) in [6, 6.07) is 2.81. The lowest BCUT2D eigenvalue weighted by Gasteiger charge is -2.25. The normalized spacial score (nSPS) is 16.5. The maximum absolute atomic E-state index is 13.4. The first-order chi connectivity index (χ1) is 8.43. The third kappa shape index (κ3) is 2.41. The van der Waals surface area contributed by atoms with Crippen LogP contribution in [0, 0.1) is 0 Å². The molecule has 2 N–H and O–H groups in total. The highest BCUT2D eigenvalue weighted by molar-refractivity contribution is 5.52. The molecular formula is C13H17F2NO2. The fraction of sp³-hybridized carbons (Fsp3) is 0.538. The second-order valence-electron chi connectivity index (χ2n) is 4.61. The molecule has 1 heterocycles. The smallest absolute Gasteiger partial charge is 0.270 e. The molecule has 0 aliphatic carbocycles. The molecule has 1 unspecified atom stereocenters. The van der Waals surface area contributed by atoms with Crippen molar-refractivity contribution in [2.45, 2.75) is 25.7 Å². The van der Waals surface area contributed by atoms with Crippen LogP contribution in [0.25, 0.3) is 0 Å². The van der Waals surface area contributed by atoms with Crippen LogP contribution in [0.3, 0.4) is 0 Å². The summed E-state index contributed by atoms with van der Waals surface area (Å²) in [6.07, 6.45) is 0. The van der Waals surface area contributed by atoms with Crippen LogP contribution in [-0.4, -0.2) is 19.8 Å². The number of ether oxygens (including phenoxy) is 2. The summed E-state index contributed by atoms with van der Waals surface area (Å²) in [4.78, 5) is 0. The monoisotopic (exact) mass is 257 g/mol. The molecule has 3 nitrogen and oxygen atoms in total. The molecule has 0 fully saturated rings. The van der Waals surface area contributed by atoms with Crippen LogP contribution in [0.5, 0.6) is 11.5 Å². The Labute approximate surface area is 105 Å². The fourth-order valence-corrected chi connectivity index (χ4v) is 1.93.